The maximum atomic E-state index is 5.70. The normalized spacial score (nSPS) is 10.6. The van der Waals surface area contributed by atoms with Crippen molar-refractivity contribution in [3.05, 3.63) is 54.1 Å². The Morgan fingerprint density at radius 1 is 0.895 bits per heavy atom. The van der Waals surface area contributed by atoms with Crippen LogP contribution in [0.5, 0.6) is 0 Å². The van der Waals surface area contributed by atoms with E-state index in [0.717, 1.165) is 22.3 Å². The number of hydrogen-bond donors (Lipinski definition) is 2. The Morgan fingerprint density at radius 2 is 1.63 bits per heavy atom. The molecule has 0 aliphatic rings. The highest BCUT2D eigenvalue weighted by Gasteiger charge is 2.04. The second-order valence-corrected chi connectivity index (χ2v) is 4.11. The molecule has 3 aromatic rings. The second kappa shape index (κ2) is 4.99. The maximum Gasteiger partial charge on any atom is 0.247 e. The lowest BCUT2D eigenvalue weighted by Gasteiger charge is -2.08. The Labute approximate surface area is 110 Å². The second-order valence-electron chi connectivity index (χ2n) is 4.11. The highest BCUT2D eigenvalue weighted by Crippen LogP contribution is 2.18. The fraction of sp³-hybridized carbons (Fsp3) is 0.0714. The summed E-state index contributed by atoms with van der Waals surface area (Å²) in [5.41, 5.74) is 9.20. The largest absolute Gasteiger partial charge is 0.326 e. The molecule has 2 aromatic carbocycles. The van der Waals surface area contributed by atoms with Crippen LogP contribution in [0.3, 0.4) is 0 Å². The summed E-state index contributed by atoms with van der Waals surface area (Å²) in [7, 11) is 0. The average molecular weight is 251 g/mol. The third-order valence-corrected chi connectivity index (χ3v) is 2.84. The molecule has 0 aliphatic heterocycles. The fourth-order valence-corrected chi connectivity index (χ4v) is 1.87. The van der Waals surface area contributed by atoms with E-state index in [9.17, 15) is 0 Å². The summed E-state index contributed by atoms with van der Waals surface area (Å²) >= 11 is 0. The predicted molar refractivity (Wildman–Crippen MR) is 74.9 cm³/mol. The molecule has 1 aromatic heterocycles. The molecule has 0 unspecified atom stereocenters. The number of fused-ring (bicyclic) bond motifs is 1. The van der Waals surface area contributed by atoms with Crippen molar-refractivity contribution in [3.63, 3.8) is 0 Å². The van der Waals surface area contributed by atoms with Crippen LogP contribution in [-0.4, -0.2) is 15.2 Å². The molecule has 0 fully saturated rings. The van der Waals surface area contributed by atoms with Gasteiger partial charge in [-0.3, -0.25) is 0 Å². The van der Waals surface area contributed by atoms with Gasteiger partial charge in [0.1, 0.15) is 5.52 Å². The van der Waals surface area contributed by atoms with Gasteiger partial charge in [-0.15, -0.1) is 10.2 Å². The van der Waals surface area contributed by atoms with Crippen LogP contribution in [0, 0.1) is 0 Å². The minimum Gasteiger partial charge on any atom is -0.326 e. The summed E-state index contributed by atoms with van der Waals surface area (Å²) < 4.78 is 0. The SMILES string of the molecule is NCc1ccccc1Nc1nnc2ccccc2n1. The number of hydrogen-bond acceptors (Lipinski definition) is 5. The van der Waals surface area contributed by atoms with Gasteiger partial charge >= 0.3 is 0 Å². The van der Waals surface area contributed by atoms with Crippen molar-refractivity contribution < 1.29 is 0 Å². The summed E-state index contributed by atoms with van der Waals surface area (Å²) in [6.45, 7) is 0.462. The molecule has 5 nitrogen and oxygen atoms in total. The smallest absolute Gasteiger partial charge is 0.247 e. The first-order chi connectivity index (χ1) is 9.36. The summed E-state index contributed by atoms with van der Waals surface area (Å²) in [6, 6.07) is 15.4. The zero-order chi connectivity index (χ0) is 13.1. The molecule has 0 radical (unpaired) electrons. The molecular formula is C14H13N5. The minimum absolute atomic E-state index is 0.462. The number of aromatic nitrogens is 3. The van der Waals surface area contributed by atoms with E-state index in [2.05, 4.69) is 20.5 Å². The number of rotatable bonds is 3. The molecule has 0 saturated heterocycles. The lowest BCUT2D eigenvalue weighted by atomic mass is 10.2. The van der Waals surface area contributed by atoms with Crippen LogP contribution in [0.2, 0.25) is 0 Å². The minimum atomic E-state index is 0.462. The van der Waals surface area contributed by atoms with Crippen molar-refractivity contribution in [2.24, 2.45) is 5.73 Å². The first kappa shape index (κ1) is 11.6. The van der Waals surface area contributed by atoms with E-state index in [1.54, 1.807) is 0 Å². The van der Waals surface area contributed by atoms with Crippen molar-refractivity contribution in [3.8, 4) is 0 Å². The Morgan fingerprint density at radius 3 is 2.47 bits per heavy atom. The van der Waals surface area contributed by atoms with Crippen LogP contribution in [0.4, 0.5) is 11.6 Å². The molecular weight excluding hydrogens is 238 g/mol. The Hall–Kier alpha value is -2.53. The first-order valence-corrected chi connectivity index (χ1v) is 6.01. The lowest BCUT2D eigenvalue weighted by molar-refractivity contribution is 1.02. The zero-order valence-corrected chi connectivity index (χ0v) is 10.2. The van der Waals surface area contributed by atoms with E-state index in [4.69, 9.17) is 5.73 Å². The van der Waals surface area contributed by atoms with Gasteiger partial charge in [-0.05, 0) is 23.8 Å². The molecule has 0 aliphatic carbocycles. The molecule has 0 saturated carbocycles. The number of para-hydroxylation sites is 2. The Bertz CT molecular complexity index is 711. The molecule has 0 bridgehead atoms. The third-order valence-electron chi connectivity index (χ3n) is 2.84. The monoisotopic (exact) mass is 251 g/mol. The molecule has 3 N–H and O–H groups in total. The number of benzene rings is 2. The van der Waals surface area contributed by atoms with Crippen LogP contribution in [0.25, 0.3) is 11.0 Å². The van der Waals surface area contributed by atoms with Gasteiger partial charge in [0.05, 0.1) is 5.52 Å². The molecule has 94 valence electrons. The molecule has 19 heavy (non-hydrogen) atoms. The Kier molecular flexibility index (Phi) is 3.04. The van der Waals surface area contributed by atoms with E-state index < -0.39 is 0 Å². The van der Waals surface area contributed by atoms with E-state index in [0.29, 0.717) is 12.5 Å². The van der Waals surface area contributed by atoms with Crippen LogP contribution in [-0.2, 0) is 6.54 Å². The van der Waals surface area contributed by atoms with Crippen LogP contribution in [0.1, 0.15) is 5.56 Å². The van der Waals surface area contributed by atoms with Crippen LogP contribution >= 0.6 is 0 Å². The quantitative estimate of drug-likeness (QED) is 0.746. The highest BCUT2D eigenvalue weighted by atomic mass is 15.2. The summed E-state index contributed by atoms with van der Waals surface area (Å²) in [5, 5.41) is 11.3. The van der Waals surface area contributed by atoms with Crippen LogP contribution < -0.4 is 11.1 Å². The zero-order valence-electron chi connectivity index (χ0n) is 10.2. The predicted octanol–water partition coefficient (Wildman–Crippen LogP) is 2.23. The van der Waals surface area contributed by atoms with Crippen LogP contribution in [0.15, 0.2) is 48.5 Å². The van der Waals surface area contributed by atoms with E-state index in [-0.39, 0.29) is 0 Å². The number of nitrogens with one attached hydrogen (secondary N) is 1. The van der Waals surface area contributed by atoms with Crippen molar-refractivity contribution >= 4 is 22.7 Å². The number of nitrogens with zero attached hydrogens (tertiary/aromatic N) is 3. The van der Waals surface area contributed by atoms with Gasteiger partial charge in [0, 0.05) is 12.2 Å². The van der Waals surface area contributed by atoms with Gasteiger partial charge in [0.15, 0.2) is 0 Å². The number of anilines is 2. The molecule has 5 heteroatoms. The summed E-state index contributed by atoms with van der Waals surface area (Å²) in [4.78, 5) is 4.42. The molecule has 0 amide bonds. The highest BCUT2D eigenvalue weighted by molar-refractivity contribution is 5.74. The van der Waals surface area contributed by atoms with Gasteiger partial charge in [0.25, 0.3) is 0 Å². The van der Waals surface area contributed by atoms with Gasteiger partial charge in [-0.1, -0.05) is 30.3 Å². The molecule has 0 atom stereocenters. The topological polar surface area (TPSA) is 76.7 Å². The van der Waals surface area contributed by atoms with E-state index >= 15 is 0 Å². The maximum absolute atomic E-state index is 5.70. The van der Waals surface area contributed by atoms with Crippen molar-refractivity contribution in [1.82, 2.24) is 15.2 Å². The molecule has 1 heterocycles. The molecule has 3 rings (SSSR count). The standard InChI is InChI=1S/C14H13N5/c15-9-10-5-1-2-6-11(10)16-14-17-12-7-3-4-8-13(12)18-19-14/h1-8H,9,15H2,(H,16,17,19). The van der Waals surface area contributed by atoms with Crippen molar-refractivity contribution in [2.45, 2.75) is 6.54 Å². The lowest BCUT2D eigenvalue weighted by Crippen LogP contribution is -2.04. The van der Waals surface area contributed by atoms with Gasteiger partial charge in [-0.25, -0.2) is 4.98 Å². The fourth-order valence-electron chi connectivity index (χ4n) is 1.87. The summed E-state index contributed by atoms with van der Waals surface area (Å²) in [6.07, 6.45) is 0. The average Bonchev–Trinajstić information content (AvgIpc) is 2.48. The Balaban J connectivity index is 1.96. The summed E-state index contributed by atoms with van der Waals surface area (Å²) in [5.74, 6) is 0.472. The molecule has 0 spiro atoms. The number of nitrogens with two attached hydrogens (primary N) is 1. The third kappa shape index (κ3) is 2.36. The van der Waals surface area contributed by atoms with E-state index in [1.165, 1.54) is 0 Å². The van der Waals surface area contributed by atoms with Gasteiger partial charge < -0.3 is 11.1 Å². The van der Waals surface area contributed by atoms with Crippen molar-refractivity contribution in [2.75, 3.05) is 5.32 Å². The van der Waals surface area contributed by atoms with Crippen molar-refractivity contribution in [1.29, 1.82) is 0 Å². The first-order valence-electron chi connectivity index (χ1n) is 6.01. The van der Waals surface area contributed by atoms with Gasteiger partial charge in [-0.2, -0.15) is 0 Å². The van der Waals surface area contributed by atoms with Gasteiger partial charge in [0.2, 0.25) is 5.95 Å². The van der Waals surface area contributed by atoms with E-state index in [1.807, 2.05) is 48.5 Å².